The van der Waals surface area contributed by atoms with E-state index in [0.717, 1.165) is 47.8 Å². The van der Waals surface area contributed by atoms with E-state index in [2.05, 4.69) is 15.5 Å². The summed E-state index contributed by atoms with van der Waals surface area (Å²) >= 11 is 1.36. The van der Waals surface area contributed by atoms with E-state index in [1.54, 1.807) is 11.8 Å². The van der Waals surface area contributed by atoms with Crippen LogP contribution < -0.4 is 14.2 Å². The van der Waals surface area contributed by atoms with Gasteiger partial charge in [0.05, 0.1) is 25.4 Å². The van der Waals surface area contributed by atoms with Gasteiger partial charge in [-0.05, 0) is 58.7 Å². The Morgan fingerprint density at radius 2 is 1.97 bits per heavy atom. The highest BCUT2D eigenvalue weighted by Gasteiger charge is 2.31. The fourth-order valence-corrected chi connectivity index (χ4v) is 4.95. The number of nitrogens with zero attached hydrogens (tertiary/aromatic N) is 5. The molecule has 172 valence electrons. The number of benzene rings is 2. The number of tetrazole rings is 1. The Balaban J connectivity index is 1.22. The third-order valence-corrected chi connectivity index (χ3v) is 6.78. The van der Waals surface area contributed by atoms with E-state index in [1.165, 1.54) is 11.8 Å². The van der Waals surface area contributed by atoms with Crippen molar-refractivity contribution in [3.63, 3.8) is 0 Å². The molecule has 33 heavy (non-hydrogen) atoms. The van der Waals surface area contributed by atoms with Crippen molar-refractivity contribution in [2.45, 2.75) is 30.6 Å². The molecule has 1 atom stereocenters. The Labute approximate surface area is 196 Å². The summed E-state index contributed by atoms with van der Waals surface area (Å²) in [5, 5.41) is 12.6. The van der Waals surface area contributed by atoms with E-state index in [0.29, 0.717) is 24.9 Å². The normalized spacial score (nSPS) is 17.2. The lowest BCUT2D eigenvalue weighted by molar-refractivity contribution is -0.129. The summed E-state index contributed by atoms with van der Waals surface area (Å²) in [6, 6.07) is 13.8. The first-order chi connectivity index (χ1) is 16.2. The van der Waals surface area contributed by atoms with Gasteiger partial charge in [-0.25, -0.2) is 4.68 Å². The minimum absolute atomic E-state index is 0.0456. The number of carbonyl (C=O) groups excluding carboxylic acids is 1. The predicted molar refractivity (Wildman–Crippen MR) is 122 cm³/mol. The Morgan fingerprint density at radius 3 is 2.79 bits per heavy atom. The summed E-state index contributed by atoms with van der Waals surface area (Å²) < 4.78 is 18.3. The van der Waals surface area contributed by atoms with Crippen LogP contribution in [0.25, 0.3) is 0 Å². The van der Waals surface area contributed by atoms with Gasteiger partial charge >= 0.3 is 0 Å². The van der Waals surface area contributed by atoms with Gasteiger partial charge in [-0.15, -0.1) is 5.10 Å². The summed E-state index contributed by atoms with van der Waals surface area (Å²) in [6.45, 7) is 2.38. The third kappa shape index (κ3) is 4.75. The van der Waals surface area contributed by atoms with Crippen LogP contribution in [-0.4, -0.2) is 63.6 Å². The van der Waals surface area contributed by atoms with E-state index in [-0.39, 0.29) is 17.7 Å². The number of rotatable bonds is 7. The molecule has 0 radical (unpaired) electrons. The lowest BCUT2D eigenvalue weighted by atomic mass is 10.0. The van der Waals surface area contributed by atoms with Crippen LogP contribution in [0, 0.1) is 0 Å². The van der Waals surface area contributed by atoms with Crippen molar-refractivity contribution in [1.29, 1.82) is 0 Å². The molecule has 1 aromatic heterocycles. The average molecular weight is 468 g/mol. The minimum Gasteiger partial charge on any atom is -0.497 e. The maximum Gasteiger partial charge on any atom is 0.233 e. The smallest absolute Gasteiger partial charge is 0.233 e. The molecule has 9 nitrogen and oxygen atoms in total. The van der Waals surface area contributed by atoms with Crippen LogP contribution in [0.3, 0.4) is 0 Å². The summed E-state index contributed by atoms with van der Waals surface area (Å²) in [7, 11) is 1.64. The number of methoxy groups -OCH3 is 1. The van der Waals surface area contributed by atoms with Crippen LogP contribution in [0.1, 0.15) is 30.0 Å². The molecule has 2 aliphatic rings. The number of ether oxygens (including phenoxy) is 3. The van der Waals surface area contributed by atoms with Crippen molar-refractivity contribution in [3.05, 3.63) is 53.6 Å². The first kappa shape index (κ1) is 21.6. The number of aromatic nitrogens is 4. The van der Waals surface area contributed by atoms with Crippen molar-refractivity contribution < 1.29 is 19.0 Å². The molecule has 0 bridgehead atoms. The van der Waals surface area contributed by atoms with E-state index < -0.39 is 0 Å². The van der Waals surface area contributed by atoms with Gasteiger partial charge in [0.15, 0.2) is 11.5 Å². The van der Waals surface area contributed by atoms with Crippen molar-refractivity contribution >= 4 is 17.7 Å². The summed E-state index contributed by atoms with van der Waals surface area (Å²) in [6.07, 6.45) is 1.91. The Kier molecular flexibility index (Phi) is 6.34. The zero-order valence-electron chi connectivity index (χ0n) is 18.3. The molecular formula is C23H25N5O4S. The highest BCUT2D eigenvalue weighted by atomic mass is 32.2. The molecule has 2 aliphatic heterocycles. The van der Waals surface area contributed by atoms with Gasteiger partial charge in [-0.2, -0.15) is 0 Å². The highest BCUT2D eigenvalue weighted by molar-refractivity contribution is 7.99. The van der Waals surface area contributed by atoms with E-state index in [9.17, 15) is 4.79 Å². The largest absolute Gasteiger partial charge is 0.497 e. The van der Waals surface area contributed by atoms with E-state index >= 15 is 0 Å². The van der Waals surface area contributed by atoms with Crippen molar-refractivity contribution in [2.24, 2.45) is 0 Å². The number of thioether (sulfide) groups is 1. The van der Waals surface area contributed by atoms with Crippen LogP contribution in [0.15, 0.2) is 47.6 Å². The Morgan fingerprint density at radius 1 is 1.15 bits per heavy atom. The number of fused-ring (bicyclic) bond motifs is 1. The molecule has 0 N–H and O–H groups in total. The molecule has 0 aliphatic carbocycles. The number of likely N-dealkylation sites (tertiary alicyclic amines) is 1. The molecule has 1 fully saturated rings. The topological polar surface area (TPSA) is 91.6 Å². The second-order valence-corrected chi connectivity index (χ2v) is 8.85. The van der Waals surface area contributed by atoms with Crippen LogP contribution in [0.2, 0.25) is 0 Å². The zero-order chi connectivity index (χ0) is 22.6. The molecule has 1 saturated heterocycles. The molecule has 1 amide bonds. The van der Waals surface area contributed by atoms with Gasteiger partial charge in [-0.3, -0.25) is 4.79 Å². The highest BCUT2D eigenvalue weighted by Crippen LogP contribution is 2.38. The molecule has 0 spiro atoms. The Bertz CT molecular complexity index is 1120. The maximum absolute atomic E-state index is 13.1. The number of carbonyl (C=O) groups is 1. The third-order valence-electron chi connectivity index (χ3n) is 5.84. The van der Waals surface area contributed by atoms with Crippen molar-refractivity contribution in [1.82, 2.24) is 25.1 Å². The van der Waals surface area contributed by atoms with Crippen molar-refractivity contribution in [3.8, 4) is 17.2 Å². The van der Waals surface area contributed by atoms with Gasteiger partial charge in [-0.1, -0.05) is 30.0 Å². The first-order valence-electron chi connectivity index (χ1n) is 10.9. The average Bonchev–Trinajstić information content (AvgIpc) is 3.52. The zero-order valence-corrected chi connectivity index (χ0v) is 19.2. The van der Waals surface area contributed by atoms with Gasteiger partial charge in [0.25, 0.3) is 0 Å². The molecule has 0 unspecified atom stereocenters. The molecule has 10 heteroatoms. The quantitative estimate of drug-likeness (QED) is 0.490. The first-order valence-corrected chi connectivity index (χ1v) is 11.9. The molecular weight excluding hydrogens is 442 g/mol. The summed E-state index contributed by atoms with van der Waals surface area (Å²) in [5.74, 6) is 2.68. The number of hydrogen-bond donors (Lipinski definition) is 0. The molecule has 3 aromatic rings. The van der Waals surface area contributed by atoms with E-state index in [4.69, 9.17) is 14.2 Å². The van der Waals surface area contributed by atoms with Gasteiger partial charge in [0.2, 0.25) is 11.1 Å². The predicted octanol–water partition coefficient (Wildman–Crippen LogP) is 2.96. The van der Waals surface area contributed by atoms with Crippen LogP contribution >= 0.6 is 11.8 Å². The van der Waals surface area contributed by atoms with E-state index in [1.807, 2.05) is 47.4 Å². The molecule has 0 saturated carbocycles. The van der Waals surface area contributed by atoms with Crippen LogP contribution in [0.4, 0.5) is 0 Å². The fourth-order valence-electron chi connectivity index (χ4n) is 4.19. The van der Waals surface area contributed by atoms with Gasteiger partial charge < -0.3 is 19.1 Å². The second kappa shape index (κ2) is 9.70. The number of hydrogen-bond acceptors (Lipinski definition) is 8. The monoisotopic (exact) mass is 467 g/mol. The van der Waals surface area contributed by atoms with Crippen LogP contribution in [0.5, 0.6) is 17.2 Å². The molecule has 3 heterocycles. The lowest BCUT2D eigenvalue weighted by Gasteiger charge is -2.26. The molecule has 5 rings (SSSR count). The lowest BCUT2D eigenvalue weighted by Crippen LogP contribution is -2.32. The second-order valence-electron chi connectivity index (χ2n) is 7.90. The van der Waals surface area contributed by atoms with Crippen LogP contribution in [-0.2, 0) is 11.3 Å². The SMILES string of the molecule is COc1ccc(Cn2nnnc2SCC(=O)N2CCC[C@H]2c2ccc3c(c2)OCCO3)cc1. The summed E-state index contributed by atoms with van der Waals surface area (Å²) in [4.78, 5) is 15.1. The fraction of sp³-hybridized carbons (Fsp3) is 0.391. The molecule has 2 aromatic carbocycles. The van der Waals surface area contributed by atoms with Gasteiger partial charge in [0, 0.05) is 6.54 Å². The van der Waals surface area contributed by atoms with Gasteiger partial charge in [0.1, 0.15) is 19.0 Å². The number of amides is 1. The van der Waals surface area contributed by atoms with Crippen molar-refractivity contribution in [2.75, 3.05) is 32.6 Å². The maximum atomic E-state index is 13.1. The Hall–Kier alpha value is -3.27. The standard InChI is InChI=1S/C23H25N5O4S/c1-30-18-7-4-16(5-8-18)14-28-23(24-25-26-28)33-15-22(29)27-10-2-3-19(27)17-6-9-20-21(13-17)32-12-11-31-20/h4-9,13,19H,2-3,10-12,14-15H2,1H3/t19-/m0/s1. The summed E-state index contributed by atoms with van der Waals surface area (Å²) in [5.41, 5.74) is 2.13. The minimum atomic E-state index is 0.0456.